The van der Waals surface area contributed by atoms with E-state index in [1.54, 1.807) is 14.2 Å². The normalized spacial score (nSPS) is 45.7. The van der Waals surface area contributed by atoms with Gasteiger partial charge in [0.1, 0.15) is 0 Å². The van der Waals surface area contributed by atoms with Gasteiger partial charge in [-0.1, -0.05) is 20.8 Å². The Morgan fingerprint density at radius 2 is 1.50 bits per heavy atom. The number of carboxylic acid groups (broad SMARTS) is 1. The Morgan fingerprint density at radius 3 is 2.03 bits per heavy atom. The van der Waals surface area contributed by atoms with Crippen molar-refractivity contribution in [2.75, 3.05) is 14.2 Å². The van der Waals surface area contributed by atoms with Crippen molar-refractivity contribution in [1.82, 2.24) is 0 Å². The number of hydrogen-bond acceptors (Lipinski definition) is 5. The lowest BCUT2D eigenvalue weighted by molar-refractivity contribution is -0.226. The summed E-state index contributed by atoms with van der Waals surface area (Å²) in [5, 5.41) is 21.0. The molecule has 0 aromatic rings. The highest BCUT2D eigenvalue weighted by Crippen LogP contribution is 2.75. The van der Waals surface area contributed by atoms with Gasteiger partial charge in [-0.3, -0.25) is 4.79 Å². The highest BCUT2D eigenvalue weighted by atomic mass is 16.7. The van der Waals surface area contributed by atoms with Gasteiger partial charge in [0, 0.05) is 20.6 Å². The Bertz CT molecular complexity index is 891. The molecule has 0 aromatic carbocycles. The number of carboxylic acids is 1. The highest BCUT2D eigenvalue weighted by Gasteiger charge is 2.69. The van der Waals surface area contributed by atoms with E-state index >= 15 is 0 Å². The number of aliphatic hydroxyl groups is 1. The first kappa shape index (κ1) is 30.3. The van der Waals surface area contributed by atoms with Crippen molar-refractivity contribution >= 4 is 5.97 Å². The van der Waals surface area contributed by atoms with Crippen LogP contribution >= 0.6 is 0 Å². The molecule has 220 valence electrons. The van der Waals surface area contributed by atoms with Gasteiger partial charge in [0.15, 0.2) is 6.29 Å². The van der Waals surface area contributed by atoms with E-state index in [9.17, 15) is 15.0 Å². The lowest BCUT2D eigenvalue weighted by Gasteiger charge is -2.68. The van der Waals surface area contributed by atoms with Gasteiger partial charge in [-0.05, 0) is 126 Å². The third-order valence-electron chi connectivity index (χ3n) is 13.1. The lowest BCUT2D eigenvalue weighted by Crippen LogP contribution is -2.62. The Hall–Kier alpha value is -0.690. The van der Waals surface area contributed by atoms with Gasteiger partial charge < -0.3 is 24.4 Å². The zero-order valence-electron chi connectivity index (χ0n) is 25.9. The van der Waals surface area contributed by atoms with E-state index in [1.165, 1.54) is 6.42 Å². The topological polar surface area (TPSA) is 85.2 Å². The number of ether oxygens (including phenoxy) is 3. The standard InChI is InChI=1S/C32H56O6/c1-27(2,26(33)34)22-14-17-31(7)23(29(22,5)19-25(36-9)37-10)12-11-20-21(13-16-30(20,31)6)32(8)18-15-24(38-32)28(3,4)35/h20-25,35H,11-19H2,1-10H3,(H,33,34)/t20-,21+,22+,23-,24+,29-,30-,31-,32-/m1/s1. The van der Waals surface area contributed by atoms with E-state index in [-0.39, 0.29) is 40.2 Å². The summed E-state index contributed by atoms with van der Waals surface area (Å²) in [7, 11) is 3.39. The summed E-state index contributed by atoms with van der Waals surface area (Å²) < 4.78 is 18.2. The molecule has 6 heteroatoms. The van der Waals surface area contributed by atoms with E-state index in [4.69, 9.17) is 14.2 Å². The predicted octanol–water partition coefficient (Wildman–Crippen LogP) is 6.68. The molecule has 0 radical (unpaired) electrons. The van der Waals surface area contributed by atoms with Crippen molar-refractivity contribution in [3.05, 3.63) is 0 Å². The molecule has 0 amide bonds. The first-order valence-corrected chi connectivity index (χ1v) is 15.1. The number of carbonyl (C=O) groups is 1. The summed E-state index contributed by atoms with van der Waals surface area (Å²) in [5.74, 6) is 0.781. The molecule has 3 saturated carbocycles. The second kappa shape index (κ2) is 9.70. The van der Waals surface area contributed by atoms with Crippen molar-refractivity contribution in [3.63, 3.8) is 0 Å². The molecule has 0 aromatic heterocycles. The summed E-state index contributed by atoms with van der Waals surface area (Å²) in [6, 6.07) is 0. The quantitative estimate of drug-likeness (QED) is 0.337. The van der Waals surface area contributed by atoms with Gasteiger partial charge >= 0.3 is 5.97 Å². The van der Waals surface area contributed by atoms with Crippen molar-refractivity contribution in [2.45, 2.75) is 137 Å². The molecule has 1 aliphatic heterocycles. The molecule has 1 heterocycles. The Kier molecular flexibility index (Phi) is 7.73. The van der Waals surface area contributed by atoms with Crippen LogP contribution in [0.15, 0.2) is 0 Å². The number of hydrogen-bond donors (Lipinski definition) is 2. The summed E-state index contributed by atoms with van der Waals surface area (Å²) in [5.41, 5.74) is -1.80. The minimum absolute atomic E-state index is 0.0407. The molecule has 1 saturated heterocycles. The molecule has 2 N–H and O–H groups in total. The molecule has 0 bridgehead atoms. The highest BCUT2D eigenvalue weighted by molar-refractivity contribution is 5.74. The fourth-order valence-electron chi connectivity index (χ4n) is 10.7. The maximum atomic E-state index is 12.5. The van der Waals surface area contributed by atoms with Crippen LogP contribution in [0, 0.1) is 45.3 Å². The fourth-order valence-corrected chi connectivity index (χ4v) is 10.7. The van der Waals surface area contributed by atoms with Crippen molar-refractivity contribution in [3.8, 4) is 0 Å². The average molecular weight is 537 g/mol. The van der Waals surface area contributed by atoms with E-state index in [2.05, 4.69) is 27.7 Å². The minimum atomic E-state index is -0.824. The molecule has 4 rings (SSSR count). The molecule has 6 nitrogen and oxygen atoms in total. The maximum absolute atomic E-state index is 12.5. The Balaban J connectivity index is 1.70. The predicted molar refractivity (Wildman–Crippen MR) is 149 cm³/mol. The van der Waals surface area contributed by atoms with Gasteiger partial charge in [0.2, 0.25) is 0 Å². The van der Waals surface area contributed by atoms with Crippen LogP contribution < -0.4 is 0 Å². The molecule has 4 fully saturated rings. The smallest absolute Gasteiger partial charge is 0.309 e. The third-order valence-corrected chi connectivity index (χ3v) is 13.1. The van der Waals surface area contributed by atoms with Crippen LogP contribution in [-0.4, -0.2) is 54.0 Å². The van der Waals surface area contributed by atoms with Gasteiger partial charge in [-0.15, -0.1) is 0 Å². The first-order valence-electron chi connectivity index (χ1n) is 15.1. The van der Waals surface area contributed by atoms with Crippen LogP contribution in [0.2, 0.25) is 0 Å². The van der Waals surface area contributed by atoms with Crippen LogP contribution in [0.3, 0.4) is 0 Å². The molecule has 9 atom stereocenters. The van der Waals surface area contributed by atoms with Crippen LogP contribution in [0.25, 0.3) is 0 Å². The van der Waals surface area contributed by atoms with Gasteiger partial charge in [-0.2, -0.15) is 0 Å². The minimum Gasteiger partial charge on any atom is -0.481 e. The molecular formula is C32H56O6. The summed E-state index contributed by atoms with van der Waals surface area (Å²) >= 11 is 0. The summed E-state index contributed by atoms with van der Waals surface area (Å²) in [6.07, 6.45) is 8.74. The van der Waals surface area contributed by atoms with Crippen molar-refractivity contribution < 1.29 is 29.2 Å². The van der Waals surface area contributed by atoms with Gasteiger partial charge in [0.25, 0.3) is 0 Å². The molecule has 4 aliphatic rings. The van der Waals surface area contributed by atoms with E-state index in [1.807, 2.05) is 27.7 Å². The summed E-state index contributed by atoms with van der Waals surface area (Å²) in [6.45, 7) is 17.3. The lowest BCUT2D eigenvalue weighted by atomic mass is 9.37. The van der Waals surface area contributed by atoms with E-state index in [0.717, 1.165) is 44.9 Å². The number of methoxy groups -OCH3 is 2. The monoisotopic (exact) mass is 536 g/mol. The van der Waals surface area contributed by atoms with E-state index < -0.39 is 17.0 Å². The van der Waals surface area contributed by atoms with Crippen LogP contribution in [0.4, 0.5) is 0 Å². The third kappa shape index (κ3) is 4.39. The summed E-state index contributed by atoms with van der Waals surface area (Å²) in [4.78, 5) is 12.5. The average Bonchev–Trinajstić information content (AvgIpc) is 3.39. The fraction of sp³-hybridized carbons (Fsp3) is 0.969. The molecule has 38 heavy (non-hydrogen) atoms. The van der Waals surface area contributed by atoms with Crippen LogP contribution in [-0.2, 0) is 19.0 Å². The maximum Gasteiger partial charge on any atom is 0.309 e. The van der Waals surface area contributed by atoms with Crippen LogP contribution in [0.5, 0.6) is 0 Å². The number of aliphatic carboxylic acids is 1. The zero-order valence-corrected chi connectivity index (χ0v) is 25.9. The van der Waals surface area contributed by atoms with Crippen LogP contribution in [0.1, 0.15) is 113 Å². The van der Waals surface area contributed by atoms with Crippen molar-refractivity contribution in [1.29, 1.82) is 0 Å². The SMILES string of the molecule is COC(C[C@@]1(C)[C@H]2CC[C@@H]3[C@@H]([C@@]4(C)CC[C@@H](C(C)(C)O)O4)CC[C@@]3(C)[C@]2(C)CC[C@H]1C(C)(C)C(=O)O)OC. The van der Waals surface area contributed by atoms with Crippen molar-refractivity contribution in [2.24, 2.45) is 45.3 Å². The first-order chi connectivity index (χ1) is 17.4. The molecular weight excluding hydrogens is 480 g/mol. The molecule has 3 aliphatic carbocycles. The molecule has 0 unspecified atom stereocenters. The van der Waals surface area contributed by atoms with Gasteiger partial charge in [0.05, 0.1) is 22.7 Å². The Labute approximate surface area is 231 Å². The number of fused-ring (bicyclic) bond motifs is 3. The second-order valence-corrected chi connectivity index (χ2v) is 15.6. The van der Waals surface area contributed by atoms with E-state index in [0.29, 0.717) is 24.2 Å². The molecule has 0 spiro atoms. The second-order valence-electron chi connectivity index (χ2n) is 15.6. The number of rotatable bonds is 8. The zero-order chi connectivity index (χ0) is 28.5. The Morgan fingerprint density at radius 1 is 0.895 bits per heavy atom. The van der Waals surface area contributed by atoms with Gasteiger partial charge in [-0.25, -0.2) is 0 Å². The largest absolute Gasteiger partial charge is 0.481 e.